The lowest BCUT2D eigenvalue weighted by Crippen LogP contribution is -2.20. The predicted molar refractivity (Wildman–Crippen MR) is 69.6 cm³/mol. The van der Waals surface area contributed by atoms with Gasteiger partial charge in [0, 0.05) is 25.5 Å². The average Bonchev–Trinajstić information content (AvgIpc) is 2.26. The van der Waals surface area contributed by atoms with Crippen LogP contribution < -0.4 is 5.32 Å². The Morgan fingerprint density at radius 2 is 2.19 bits per heavy atom. The minimum atomic E-state index is 0.763. The highest BCUT2D eigenvalue weighted by molar-refractivity contribution is 5.42. The Labute approximate surface area is 98.9 Å². The highest BCUT2D eigenvalue weighted by Crippen LogP contribution is 2.09. The molecule has 1 N–H and O–H groups in total. The van der Waals surface area contributed by atoms with E-state index in [1.807, 2.05) is 19.3 Å². The fraction of sp³-hybridized carbons (Fsp3) is 0.615. The third-order valence-corrected chi connectivity index (χ3v) is 2.63. The number of nitrogens with one attached hydrogen (secondary N) is 1. The molecule has 16 heavy (non-hydrogen) atoms. The fourth-order valence-electron chi connectivity index (χ4n) is 1.55. The van der Waals surface area contributed by atoms with Gasteiger partial charge in [0.15, 0.2) is 0 Å². The number of hydrogen-bond acceptors (Lipinski definition) is 3. The zero-order chi connectivity index (χ0) is 12.0. The third-order valence-electron chi connectivity index (χ3n) is 2.63. The summed E-state index contributed by atoms with van der Waals surface area (Å²) in [5.41, 5.74) is 2.25. The molecule has 90 valence electrons. The number of pyridine rings is 1. The highest BCUT2D eigenvalue weighted by Gasteiger charge is 2.03. The maximum atomic E-state index is 4.37. The minimum Gasteiger partial charge on any atom is -0.388 e. The molecule has 0 unspecified atom stereocenters. The van der Waals surface area contributed by atoms with Crippen molar-refractivity contribution in [3.63, 3.8) is 0 Å². The maximum Gasteiger partial charge on any atom is 0.0564 e. The summed E-state index contributed by atoms with van der Waals surface area (Å²) in [6.07, 6.45) is 3.10. The Hall–Kier alpha value is -1.09. The van der Waals surface area contributed by atoms with Gasteiger partial charge < -0.3 is 10.2 Å². The molecular weight excluding hydrogens is 198 g/mol. The van der Waals surface area contributed by atoms with E-state index in [-0.39, 0.29) is 0 Å². The molecule has 0 atom stereocenters. The molecule has 1 aromatic heterocycles. The SMILES string of the molecule is CNc1ccnc(CN(C)CCC(C)C)c1. The van der Waals surface area contributed by atoms with E-state index >= 15 is 0 Å². The number of anilines is 1. The highest BCUT2D eigenvalue weighted by atomic mass is 15.1. The van der Waals surface area contributed by atoms with E-state index in [0.29, 0.717) is 0 Å². The molecule has 0 saturated carbocycles. The van der Waals surface area contributed by atoms with Crippen molar-refractivity contribution in [2.45, 2.75) is 26.8 Å². The fourth-order valence-corrected chi connectivity index (χ4v) is 1.55. The molecule has 0 spiro atoms. The summed E-state index contributed by atoms with van der Waals surface area (Å²) in [5, 5.41) is 3.13. The van der Waals surface area contributed by atoms with Crippen LogP contribution >= 0.6 is 0 Å². The molecule has 0 bridgehead atoms. The van der Waals surface area contributed by atoms with Gasteiger partial charge in [0.25, 0.3) is 0 Å². The van der Waals surface area contributed by atoms with Gasteiger partial charge in [-0.1, -0.05) is 13.8 Å². The molecule has 1 heterocycles. The number of nitrogens with zero attached hydrogens (tertiary/aromatic N) is 2. The molecule has 0 aliphatic heterocycles. The van der Waals surface area contributed by atoms with E-state index in [1.54, 1.807) is 0 Å². The van der Waals surface area contributed by atoms with E-state index in [1.165, 1.54) is 6.42 Å². The molecule has 0 radical (unpaired) electrons. The van der Waals surface area contributed by atoms with E-state index in [9.17, 15) is 0 Å². The molecular formula is C13H23N3. The molecule has 0 fully saturated rings. The summed E-state index contributed by atoms with van der Waals surface area (Å²) in [5.74, 6) is 0.763. The van der Waals surface area contributed by atoms with Crippen molar-refractivity contribution in [1.82, 2.24) is 9.88 Å². The molecule has 0 aromatic carbocycles. The molecule has 3 heteroatoms. The van der Waals surface area contributed by atoms with Crippen molar-refractivity contribution >= 4 is 5.69 Å². The number of rotatable bonds is 6. The number of aromatic nitrogens is 1. The Balaban J connectivity index is 2.45. The first kappa shape index (κ1) is 13.0. The Bertz CT molecular complexity index is 310. The summed E-state index contributed by atoms with van der Waals surface area (Å²) in [4.78, 5) is 6.69. The van der Waals surface area contributed by atoms with Crippen molar-refractivity contribution in [3.05, 3.63) is 24.0 Å². The summed E-state index contributed by atoms with van der Waals surface area (Å²) in [6.45, 7) is 6.56. The van der Waals surface area contributed by atoms with Crippen LogP contribution in [0.2, 0.25) is 0 Å². The molecule has 3 nitrogen and oxygen atoms in total. The lowest BCUT2D eigenvalue weighted by molar-refractivity contribution is 0.300. The smallest absolute Gasteiger partial charge is 0.0564 e. The van der Waals surface area contributed by atoms with Crippen molar-refractivity contribution < 1.29 is 0 Å². The van der Waals surface area contributed by atoms with Crippen molar-refractivity contribution in [2.75, 3.05) is 26.0 Å². The molecule has 0 amide bonds. The van der Waals surface area contributed by atoms with Crippen LogP contribution in [-0.4, -0.2) is 30.5 Å². The molecule has 0 aliphatic carbocycles. The van der Waals surface area contributed by atoms with Crippen LogP contribution in [0.5, 0.6) is 0 Å². The Morgan fingerprint density at radius 1 is 1.44 bits per heavy atom. The van der Waals surface area contributed by atoms with Crippen LogP contribution in [0.15, 0.2) is 18.3 Å². The van der Waals surface area contributed by atoms with Gasteiger partial charge in [-0.15, -0.1) is 0 Å². The minimum absolute atomic E-state index is 0.763. The molecule has 1 aromatic rings. The quantitative estimate of drug-likeness (QED) is 0.800. The summed E-state index contributed by atoms with van der Waals surface area (Å²) in [6, 6.07) is 4.09. The third kappa shape index (κ3) is 4.62. The normalized spacial score (nSPS) is 11.1. The van der Waals surface area contributed by atoms with Gasteiger partial charge in [-0.3, -0.25) is 4.98 Å². The zero-order valence-corrected chi connectivity index (χ0v) is 10.8. The van der Waals surface area contributed by atoms with E-state index < -0.39 is 0 Å². The van der Waals surface area contributed by atoms with Gasteiger partial charge >= 0.3 is 0 Å². The monoisotopic (exact) mass is 221 g/mol. The largest absolute Gasteiger partial charge is 0.388 e. The lowest BCUT2D eigenvalue weighted by atomic mass is 10.1. The lowest BCUT2D eigenvalue weighted by Gasteiger charge is -2.17. The summed E-state index contributed by atoms with van der Waals surface area (Å²) in [7, 11) is 4.08. The average molecular weight is 221 g/mol. The Kier molecular flexibility index (Phi) is 5.26. The Morgan fingerprint density at radius 3 is 2.81 bits per heavy atom. The van der Waals surface area contributed by atoms with Crippen molar-refractivity contribution in [1.29, 1.82) is 0 Å². The van der Waals surface area contributed by atoms with Crippen LogP contribution in [-0.2, 0) is 6.54 Å². The maximum absolute atomic E-state index is 4.37. The summed E-state index contributed by atoms with van der Waals surface area (Å²) >= 11 is 0. The standard InChI is InChI=1S/C13H23N3/c1-11(2)6-8-16(4)10-13-9-12(14-3)5-7-15-13/h5,7,9,11H,6,8,10H2,1-4H3,(H,14,15). The van der Waals surface area contributed by atoms with E-state index in [4.69, 9.17) is 0 Å². The first-order valence-electron chi connectivity index (χ1n) is 5.93. The van der Waals surface area contributed by atoms with Gasteiger partial charge in [0.05, 0.1) is 5.69 Å². The van der Waals surface area contributed by atoms with E-state index in [0.717, 1.165) is 30.4 Å². The molecule has 0 saturated heterocycles. The van der Waals surface area contributed by atoms with Crippen LogP contribution in [0.25, 0.3) is 0 Å². The van der Waals surface area contributed by atoms with Crippen molar-refractivity contribution in [2.24, 2.45) is 5.92 Å². The van der Waals surface area contributed by atoms with Gasteiger partial charge in [0.1, 0.15) is 0 Å². The first-order chi connectivity index (χ1) is 7.61. The van der Waals surface area contributed by atoms with Crippen molar-refractivity contribution in [3.8, 4) is 0 Å². The predicted octanol–water partition coefficient (Wildman–Crippen LogP) is 2.60. The molecule has 0 aliphatic rings. The van der Waals surface area contributed by atoms with Crippen LogP contribution in [0, 0.1) is 5.92 Å². The number of hydrogen-bond donors (Lipinski definition) is 1. The summed E-state index contributed by atoms with van der Waals surface area (Å²) < 4.78 is 0. The van der Waals surface area contributed by atoms with Gasteiger partial charge in [-0.25, -0.2) is 0 Å². The van der Waals surface area contributed by atoms with E-state index in [2.05, 4.69) is 42.2 Å². The zero-order valence-electron chi connectivity index (χ0n) is 10.8. The first-order valence-corrected chi connectivity index (χ1v) is 5.93. The second-order valence-corrected chi connectivity index (χ2v) is 4.71. The second kappa shape index (κ2) is 6.48. The second-order valence-electron chi connectivity index (χ2n) is 4.71. The topological polar surface area (TPSA) is 28.2 Å². The van der Waals surface area contributed by atoms with Gasteiger partial charge in [-0.05, 0) is 38.1 Å². The molecule has 1 rings (SSSR count). The van der Waals surface area contributed by atoms with Gasteiger partial charge in [0.2, 0.25) is 0 Å². The van der Waals surface area contributed by atoms with Gasteiger partial charge in [-0.2, -0.15) is 0 Å². The van der Waals surface area contributed by atoms with Crippen LogP contribution in [0.1, 0.15) is 26.0 Å². The van der Waals surface area contributed by atoms with Crippen LogP contribution in [0.4, 0.5) is 5.69 Å². The van der Waals surface area contributed by atoms with Crippen LogP contribution in [0.3, 0.4) is 0 Å².